The van der Waals surface area contributed by atoms with Crippen LogP contribution in [0.3, 0.4) is 0 Å². The molecule has 208 valence electrons. The monoisotopic (exact) mass is 579 g/mol. The quantitative estimate of drug-likeness (QED) is 0.164. The minimum absolute atomic E-state index is 0.930. The summed E-state index contributed by atoms with van der Waals surface area (Å²) >= 11 is 0. The zero-order valence-corrected chi connectivity index (χ0v) is 25.1. The number of aromatic nitrogens is 3. The molecule has 2 aromatic heterocycles. The molecule has 3 nitrogen and oxygen atoms in total. The first-order valence-corrected chi connectivity index (χ1v) is 16.9. The fraction of sp³-hybridized carbons (Fsp3) is 0. The predicted octanol–water partition coefficient (Wildman–Crippen LogP) is 6.62. The summed E-state index contributed by atoms with van der Waals surface area (Å²) in [6.45, 7) is 0. The van der Waals surface area contributed by atoms with Crippen LogP contribution in [0.15, 0.2) is 176 Å². The van der Waals surface area contributed by atoms with Gasteiger partial charge >= 0.3 is 0 Å². The Morgan fingerprint density at radius 3 is 1.66 bits per heavy atom. The SMILES string of the molecule is c1ccc(-c2nccnc2[Si](c2ccccc2)(c2ccccc2)c2ccc3c(c2)c2ccccc2n3-c2ccccc2)cc1. The Kier molecular flexibility index (Phi) is 6.47. The van der Waals surface area contributed by atoms with Crippen LogP contribution >= 0.6 is 0 Å². The van der Waals surface area contributed by atoms with Crippen LogP contribution in [0, 0.1) is 0 Å². The molecule has 0 atom stereocenters. The lowest BCUT2D eigenvalue weighted by atomic mass is 10.1. The first-order valence-electron chi connectivity index (χ1n) is 14.9. The fourth-order valence-electron chi connectivity index (χ4n) is 6.77. The Morgan fingerprint density at radius 1 is 0.432 bits per heavy atom. The second-order valence-electron chi connectivity index (χ2n) is 11.0. The lowest BCUT2D eigenvalue weighted by molar-refractivity contribution is 1.18. The molecule has 2 heterocycles. The van der Waals surface area contributed by atoms with Crippen molar-refractivity contribution < 1.29 is 0 Å². The third kappa shape index (κ3) is 4.11. The molecule has 0 aliphatic rings. The van der Waals surface area contributed by atoms with Crippen LogP contribution in [0.1, 0.15) is 0 Å². The lowest BCUT2D eigenvalue weighted by Crippen LogP contribution is -2.76. The molecular formula is C40H29N3Si. The van der Waals surface area contributed by atoms with Crippen LogP contribution in [-0.2, 0) is 0 Å². The Hall–Kier alpha value is -5.58. The highest BCUT2D eigenvalue weighted by Crippen LogP contribution is 2.32. The maximum absolute atomic E-state index is 5.25. The van der Waals surface area contributed by atoms with Crippen molar-refractivity contribution in [3.63, 3.8) is 0 Å². The Balaban J connectivity index is 1.52. The van der Waals surface area contributed by atoms with Crippen molar-refractivity contribution in [2.45, 2.75) is 0 Å². The van der Waals surface area contributed by atoms with Crippen LogP contribution in [0.4, 0.5) is 0 Å². The average Bonchev–Trinajstić information content (AvgIpc) is 3.44. The zero-order valence-electron chi connectivity index (χ0n) is 24.1. The molecule has 4 heteroatoms. The van der Waals surface area contributed by atoms with Gasteiger partial charge in [0.25, 0.3) is 0 Å². The van der Waals surface area contributed by atoms with Crippen LogP contribution in [0.2, 0.25) is 0 Å². The van der Waals surface area contributed by atoms with Gasteiger partial charge in [-0.1, -0.05) is 140 Å². The summed E-state index contributed by atoms with van der Waals surface area (Å²) in [5.74, 6) is 0. The molecule has 0 radical (unpaired) electrons. The van der Waals surface area contributed by atoms with E-state index in [1.165, 1.54) is 37.4 Å². The Bertz CT molecular complexity index is 2170. The summed E-state index contributed by atoms with van der Waals surface area (Å²) in [7, 11) is -2.98. The molecule has 6 aromatic carbocycles. The van der Waals surface area contributed by atoms with Crippen LogP contribution < -0.4 is 20.9 Å². The standard InChI is InChI=1S/C40H29N3Si/c1-5-15-30(16-6-1)39-40(42-28-27-41-39)44(32-19-9-3-10-20-32,33-21-11-4-12-22-33)34-25-26-38-36(29-34)35-23-13-14-24-37(35)43(38)31-17-7-2-8-18-31/h1-29H. The highest BCUT2D eigenvalue weighted by atomic mass is 28.3. The van der Waals surface area contributed by atoms with Gasteiger partial charge in [-0.25, -0.2) is 0 Å². The van der Waals surface area contributed by atoms with Gasteiger partial charge in [0.2, 0.25) is 8.07 Å². The van der Waals surface area contributed by atoms with Gasteiger partial charge in [0.05, 0.1) is 22.0 Å². The third-order valence-electron chi connectivity index (χ3n) is 8.63. The van der Waals surface area contributed by atoms with E-state index in [-0.39, 0.29) is 0 Å². The maximum atomic E-state index is 5.25. The molecular weight excluding hydrogens is 551 g/mol. The molecule has 8 aromatic rings. The number of fused-ring (bicyclic) bond motifs is 3. The van der Waals surface area contributed by atoms with E-state index < -0.39 is 8.07 Å². The van der Waals surface area contributed by atoms with E-state index in [0.29, 0.717) is 0 Å². The molecule has 44 heavy (non-hydrogen) atoms. The summed E-state index contributed by atoms with van der Waals surface area (Å²) in [6.07, 6.45) is 3.67. The van der Waals surface area contributed by atoms with Crippen molar-refractivity contribution in [3.8, 4) is 16.9 Å². The number of rotatable bonds is 6. The smallest absolute Gasteiger partial charge is 0.204 e. The number of para-hydroxylation sites is 2. The van der Waals surface area contributed by atoms with Gasteiger partial charge in [-0.2, -0.15) is 0 Å². The highest BCUT2D eigenvalue weighted by molar-refractivity contribution is 7.20. The van der Waals surface area contributed by atoms with Gasteiger partial charge < -0.3 is 4.57 Å². The van der Waals surface area contributed by atoms with Crippen molar-refractivity contribution in [3.05, 3.63) is 176 Å². The number of nitrogens with zero attached hydrogens (tertiary/aromatic N) is 3. The molecule has 0 aliphatic carbocycles. The molecule has 0 saturated carbocycles. The summed E-state index contributed by atoms with van der Waals surface area (Å²) < 4.78 is 2.38. The van der Waals surface area contributed by atoms with Crippen LogP contribution in [0.25, 0.3) is 38.8 Å². The summed E-state index contributed by atoms with van der Waals surface area (Å²) in [4.78, 5) is 10.3. The van der Waals surface area contributed by atoms with Gasteiger partial charge in [-0.3, -0.25) is 9.97 Å². The molecule has 0 N–H and O–H groups in total. The van der Waals surface area contributed by atoms with E-state index in [0.717, 1.165) is 22.3 Å². The average molecular weight is 580 g/mol. The second-order valence-corrected chi connectivity index (χ2v) is 14.7. The highest BCUT2D eigenvalue weighted by Gasteiger charge is 2.45. The van der Waals surface area contributed by atoms with Gasteiger partial charge in [-0.15, -0.1) is 0 Å². The van der Waals surface area contributed by atoms with Crippen molar-refractivity contribution >= 4 is 50.8 Å². The fourth-order valence-corrected chi connectivity index (χ4v) is 11.5. The Morgan fingerprint density at radius 2 is 0.977 bits per heavy atom. The van der Waals surface area contributed by atoms with E-state index in [1.807, 2.05) is 12.4 Å². The van der Waals surface area contributed by atoms with Crippen LogP contribution in [-0.4, -0.2) is 22.6 Å². The van der Waals surface area contributed by atoms with E-state index in [1.54, 1.807) is 0 Å². The van der Waals surface area contributed by atoms with E-state index >= 15 is 0 Å². The van der Waals surface area contributed by atoms with Gasteiger partial charge in [-0.05, 0) is 39.8 Å². The van der Waals surface area contributed by atoms with Crippen molar-refractivity contribution in [1.82, 2.24) is 14.5 Å². The molecule has 0 unspecified atom stereocenters. The van der Waals surface area contributed by atoms with E-state index in [2.05, 4.69) is 168 Å². The predicted molar refractivity (Wildman–Crippen MR) is 185 cm³/mol. The number of benzene rings is 6. The molecule has 0 bridgehead atoms. The van der Waals surface area contributed by atoms with Crippen molar-refractivity contribution in [2.75, 3.05) is 0 Å². The molecule has 0 aliphatic heterocycles. The third-order valence-corrected chi connectivity index (χ3v) is 13.3. The van der Waals surface area contributed by atoms with E-state index in [4.69, 9.17) is 9.97 Å². The minimum Gasteiger partial charge on any atom is -0.309 e. The first kappa shape index (κ1) is 26.1. The second kappa shape index (κ2) is 10.9. The summed E-state index contributed by atoms with van der Waals surface area (Å²) in [5, 5.41) is 7.33. The molecule has 0 spiro atoms. The molecule has 0 saturated heterocycles. The van der Waals surface area contributed by atoms with Gasteiger partial charge in [0, 0.05) is 34.4 Å². The van der Waals surface area contributed by atoms with E-state index in [9.17, 15) is 0 Å². The largest absolute Gasteiger partial charge is 0.309 e. The lowest BCUT2D eigenvalue weighted by Gasteiger charge is -2.34. The number of hydrogen-bond donors (Lipinski definition) is 0. The minimum atomic E-state index is -2.98. The summed E-state index contributed by atoms with van der Waals surface area (Å²) in [5.41, 5.74) is 5.54. The topological polar surface area (TPSA) is 30.7 Å². The summed E-state index contributed by atoms with van der Waals surface area (Å²) in [6, 6.07) is 58.8. The molecule has 8 rings (SSSR count). The van der Waals surface area contributed by atoms with Crippen molar-refractivity contribution in [2.24, 2.45) is 0 Å². The first-order chi connectivity index (χ1) is 21.9. The van der Waals surface area contributed by atoms with Gasteiger partial charge in [0.15, 0.2) is 0 Å². The zero-order chi connectivity index (χ0) is 29.3. The van der Waals surface area contributed by atoms with Crippen molar-refractivity contribution in [1.29, 1.82) is 0 Å². The Labute approximate surface area is 257 Å². The van der Waals surface area contributed by atoms with Crippen LogP contribution in [0.5, 0.6) is 0 Å². The maximum Gasteiger partial charge on any atom is 0.204 e. The van der Waals surface area contributed by atoms with Gasteiger partial charge in [0.1, 0.15) is 0 Å². The molecule has 0 amide bonds. The molecule has 0 fully saturated rings. The number of hydrogen-bond acceptors (Lipinski definition) is 2. The normalized spacial score (nSPS) is 11.6.